The number of phenolic OH excluding ortho intramolecular Hbond substituents is 2. The van der Waals surface area contributed by atoms with E-state index in [-0.39, 0.29) is 39.7 Å². The van der Waals surface area contributed by atoms with E-state index in [1.165, 1.54) is 36.7 Å². The summed E-state index contributed by atoms with van der Waals surface area (Å²) in [7, 11) is 0. The van der Waals surface area contributed by atoms with Gasteiger partial charge in [-0.05, 0) is 36.4 Å². The van der Waals surface area contributed by atoms with Crippen LogP contribution in [0.15, 0.2) is 118 Å². The van der Waals surface area contributed by atoms with Crippen LogP contribution in [0, 0.1) is 0 Å². The molecule has 0 bridgehead atoms. The first-order valence-electron chi connectivity index (χ1n) is 10.5. The Labute approximate surface area is 223 Å². The molecule has 37 heavy (non-hydrogen) atoms. The molecule has 4 rings (SSSR count). The first-order chi connectivity index (χ1) is 17.5. The third-order valence-corrected chi connectivity index (χ3v) is 4.32. The van der Waals surface area contributed by atoms with E-state index >= 15 is 0 Å². The smallest absolute Gasteiger partial charge is 0.857 e. The van der Waals surface area contributed by atoms with Gasteiger partial charge in [0.05, 0.1) is 23.8 Å². The van der Waals surface area contributed by atoms with Crippen molar-refractivity contribution in [2.45, 2.75) is 0 Å². The zero-order chi connectivity index (χ0) is 25.6. The van der Waals surface area contributed by atoms with E-state index in [0.29, 0.717) is 11.4 Å². The molecule has 0 spiro atoms. The molecule has 1 radical (unpaired) electrons. The molecule has 0 saturated carbocycles. The second-order valence-electron chi connectivity index (χ2n) is 6.84. The minimum Gasteiger partial charge on any atom is -0.857 e. The van der Waals surface area contributed by atoms with E-state index in [1.807, 2.05) is 0 Å². The molecule has 2 aromatic heterocycles. The van der Waals surface area contributed by atoms with Crippen molar-refractivity contribution in [2.75, 3.05) is 0 Å². The summed E-state index contributed by atoms with van der Waals surface area (Å²) in [6.07, 6.45) is 5.98. The molecule has 0 aliphatic rings. The minimum absolute atomic E-state index is 0. The van der Waals surface area contributed by atoms with E-state index in [1.54, 1.807) is 73.1 Å². The van der Waals surface area contributed by atoms with Crippen LogP contribution in [0.1, 0.15) is 22.5 Å². The fourth-order valence-corrected chi connectivity index (χ4v) is 2.60. The first kappa shape index (κ1) is 28.4. The van der Waals surface area contributed by atoms with E-state index in [9.17, 15) is 20.4 Å². The van der Waals surface area contributed by atoms with Gasteiger partial charge in [-0.3, -0.25) is 9.97 Å². The Morgan fingerprint density at radius 1 is 0.595 bits per heavy atom. The number of para-hydroxylation sites is 2. The van der Waals surface area contributed by atoms with Crippen molar-refractivity contribution >= 4 is 24.2 Å². The van der Waals surface area contributed by atoms with Gasteiger partial charge in [0.1, 0.15) is 11.5 Å². The van der Waals surface area contributed by atoms with E-state index in [4.69, 9.17) is 0 Å². The first-order valence-corrected chi connectivity index (χ1v) is 10.5. The monoisotopic (exact) mass is 543 g/mol. The van der Waals surface area contributed by atoms with Crippen molar-refractivity contribution in [1.29, 1.82) is 0 Å². The number of aromatic hydroxyl groups is 2. The predicted molar refractivity (Wildman–Crippen MR) is 133 cm³/mol. The second kappa shape index (κ2) is 15.2. The van der Waals surface area contributed by atoms with E-state index in [0.717, 1.165) is 0 Å². The Hall–Kier alpha value is -4.86. The van der Waals surface area contributed by atoms with Gasteiger partial charge in [0.25, 0.3) is 0 Å². The van der Waals surface area contributed by atoms with Gasteiger partial charge in [0, 0.05) is 35.3 Å². The number of nitrogens with zero attached hydrogens (tertiary/aromatic N) is 6. The van der Waals surface area contributed by atoms with E-state index < -0.39 is 11.8 Å². The van der Waals surface area contributed by atoms with Crippen LogP contribution in [-0.4, -0.2) is 44.4 Å². The van der Waals surface area contributed by atoms with Gasteiger partial charge in [-0.25, -0.2) is 0 Å². The molecule has 2 heterocycles. The van der Waals surface area contributed by atoms with Gasteiger partial charge in [0.15, 0.2) is 0 Å². The van der Waals surface area contributed by atoms with Crippen molar-refractivity contribution in [3.8, 4) is 11.5 Å². The Morgan fingerprint density at radius 3 is 1.32 bits per heavy atom. The Bertz CT molecular complexity index is 1270. The summed E-state index contributed by atoms with van der Waals surface area (Å²) in [5.74, 6) is -1.42. The van der Waals surface area contributed by atoms with Crippen LogP contribution in [0.2, 0.25) is 0 Å². The molecule has 0 fully saturated rings. The predicted octanol–water partition coefficient (Wildman–Crippen LogP) is 1.85. The standard InChI is InChI=1S/2C13H11N3O2.Cu/c2*17-12-7-2-1-6-11(12)13(18)16-15-9-10-5-3-4-8-14-10;/h2*1-9,17H,(H,16,18);/q;;+2/p-2/b2*15-9+;. The topological polar surface area (TPSA) is 162 Å². The van der Waals surface area contributed by atoms with Crippen LogP contribution in [0.5, 0.6) is 11.5 Å². The summed E-state index contributed by atoms with van der Waals surface area (Å²) >= 11 is 0. The number of rotatable bonds is 6. The average molecular weight is 544 g/mol. The van der Waals surface area contributed by atoms with Crippen LogP contribution in [0.3, 0.4) is 0 Å². The zero-order valence-corrected chi connectivity index (χ0v) is 20.0. The number of aromatic nitrogens is 2. The van der Waals surface area contributed by atoms with Gasteiger partial charge < -0.3 is 20.4 Å². The second-order valence-corrected chi connectivity index (χ2v) is 6.84. The van der Waals surface area contributed by atoms with Crippen molar-refractivity contribution in [3.05, 3.63) is 120 Å². The largest absolute Gasteiger partial charge is 2.00 e. The molecule has 0 unspecified atom stereocenters. The molecule has 11 heteroatoms. The summed E-state index contributed by atoms with van der Waals surface area (Å²) in [4.78, 5) is 7.99. The molecule has 0 atom stereocenters. The molecule has 0 aliphatic heterocycles. The van der Waals surface area contributed by atoms with Gasteiger partial charge in [-0.2, -0.15) is 20.4 Å². The molecule has 10 nitrogen and oxygen atoms in total. The molecule has 2 N–H and O–H groups in total. The number of hydrogen-bond donors (Lipinski definition) is 2. The summed E-state index contributed by atoms with van der Waals surface area (Å²) in [6.45, 7) is 0. The normalized spacial score (nSPS) is 11.6. The van der Waals surface area contributed by atoms with Crippen LogP contribution >= 0.6 is 0 Å². The summed E-state index contributed by atoms with van der Waals surface area (Å²) in [5, 5.41) is 56.3. The fraction of sp³-hybridized carbons (Fsp3) is 0. The van der Waals surface area contributed by atoms with Gasteiger partial charge in [-0.15, -0.1) is 0 Å². The van der Waals surface area contributed by atoms with Gasteiger partial charge in [-0.1, -0.05) is 48.5 Å². The summed E-state index contributed by atoms with van der Waals surface area (Å²) in [6, 6.07) is 23.0. The molecule has 4 aromatic rings. The van der Waals surface area contributed by atoms with Crippen LogP contribution in [0.25, 0.3) is 0 Å². The van der Waals surface area contributed by atoms with Gasteiger partial charge in [0.2, 0.25) is 0 Å². The number of benzene rings is 2. The third-order valence-electron chi connectivity index (χ3n) is 4.32. The molecule has 2 aromatic carbocycles. The number of hydrogen-bond acceptors (Lipinski definition) is 10. The summed E-state index contributed by atoms with van der Waals surface area (Å²) < 4.78 is 0. The molecule has 189 valence electrons. The SMILES string of the molecule is [Cu+2].[O-]/C(=N\N=C\c1ccccn1)c1ccccc1O.[O-]/C(=N\N=C\c1ccccn1)c1ccccc1O. The number of phenols is 2. The van der Waals surface area contributed by atoms with Crippen molar-refractivity contribution < 1.29 is 37.5 Å². The molecular weight excluding hydrogens is 524 g/mol. The third kappa shape index (κ3) is 9.36. The molecular formula is C26H20CuN6O4. The van der Waals surface area contributed by atoms with Crippen molar-refractivity contribution in [2.24, 2.45) is 20.4 Å². The van der Waals surface area contributed by atoms with Crippen LogP contribution in [-0.2, 0) is 17.1 Å². The minimum atomic E-state index is -0.597. The Morgan fingerprint density at radius 2 is 0.973 bits per heavy atom. The zero-order valence-electron chi connectivity index (χ0n) is 19.1. The quantitative estimate of drug-likeness (QED) is 0.163. The maximum Gasteiger partial charge on any atom is 2.00 e. The van der Waals surface area contributed by atoms with E-state index in [2.05, 4.69) is 30.4 Å². The molecule has 0 saturated heterocycles. The fourth-order valence-electron chi connectivity index (χ4n) is 2.60. The van der Waals surface area contributed by atoms with Crippen molar-refractivity contribution in [1.82, 2.24) is 9.97 Å². The Kier molecular flexibility index (Phi) is 11.7. The molecule has 0 amide bonds. The average Bonchev–Trinajstić information content (AvgIpc) is 2.91. The molecule has 0 aliphatic carbocycles. The number of pyridine rings is 2. The van der Waals surface area contributed by atoms with Gasteiger partial charge >= 0.3 is 17.1 Å². The summed E-state index contributed by atoms with van der Waals surface area (Å²) in [5.41, 5.74) is 1.45. The van der Waals surface area contributed by atoms with Crippen LogP contribution in [0.4, 0.5) is 0 Å². The maximum absolute atomic E-state index is 11.6. The maximum atomic E-state index is 11.6. The van der Waals surface area contributed by atoms with Crippen molar-refractivity contribution in [3.63, 3.8) is 0 Å². The van der Waals surface area contributed by atoms with Crippen LogP contribution < -0.4 is 10.2 Å². The Balaban J connectivity index is 0.000000253.